The summed E-state index contributed by atoms with van der Waals surface area (Å²) < 4.78 is 6.38. The molecule has 0 aliphatic heterocycles. The highest BCUT2D eigenvalue weighted by Crippen LogP contribution is 2.43. The van der Waals surface area contributed by atoms with Gasteiger partial charge < -0.3 is 9.32 Å². The number of furan rings is 1. The third-order valence-corrected chi connectivity index (χ3v) is 9.26. The van der Waals surface area contributed by atoms with Gasteiger partial charge in [-0.1, -0.05) is 133 Å². The number of hydrogen-bond donors (Lipinski definition) is 0. The molecule has 0 atom stereocenters. The molecule has 2 nitrogen and oxygen atoms in total. The summed E-state index contributed by atoms with van der Waals surface area (Å²) in [6, 6.07) is 66.9. The molecule has 0 saturated carbocycles. The van der Waals surface area contributed by atoms with Gasteiger partial charge in [0.1, 0.15) is 11.2 Å². The van der Waals surface area contributed by atoms with E-state index in [2.05, 4.69) is 181 Å². The molecule has 0 N–H and O–H groups in total. The Bertz CT molecular complexity index is 2530. The van der Waals surface area contributed by atoms with Gasteiger partial charge in [-0.15, -0.1) is 0 Å². The predicted molar refractivity (Wildman–Crippen MR) is 202 cm³/mol. The van der Waals surface area contributed by atoms with E-state index in [-0.39, 0.29) is 0 Å². The Morgan fingerprint density at radius 3 is 1.69 bits per heavy atom. The summed E-state index contributed by atoms with van der Waals surface area (Å²) in [5, 5.41) is 4.60. The SMILES string of the molecule is c1ccc(-c2ccc(N(c3ccccc3)c3ccc(-c4ccc5ccc6c7ccccc7oc6c5c4)cc3)c(-c3ccccc3)c2)cc1. The van der Waals surface area contributed by atoms with E-state index in [1.54, 1.807) is 0 Å². The Hall–Kier alpha value is -6.38. The third-order valence-electron chi connectivity index (χ3n) is 9.26. The number of benzene rings is 8. The molecule has 2 heteroatoms. The van der Waals surface area contributed by atoms with E-state index >= 15 is 0 Å². The van der Waals surface area contributed by atoms with Crippen molar-refractivity contribution in [1.29, 1.82) is 0 Å². The minimum atomic E-state index is 0.919. The van der Waals surface area contributed by atoms with E-state index in [4.69, 9.17) is 4.42 Å². The summed E-state index contributed by atoms with van der Waals surface area (Å²) in [5.74, 6) is 0. The lowest BCUT2D eigenvalue weighted by atomic mass is 9.96. The standard InChI is InChI=1S/C46H31NO/c1-4-12-32(13-5-1)37-25-29-44(42(30-37)34-14-6-2-7-15-34)47(38-16-8-3-9-17-38)39-26-22-33(23-27-39)36-21-20-35-24-28-41-40-18-10-11-19-45(40)48-46(41)43(35)31-36/h1-31H. The maximum atomic E-state index is 6.38. The maximum Gasteiger partial charge on any atom is 0.143 e. The number of nitrogens with zero attached hydrogens (tertiary/aromatic N) is 1. The third kappa shape index (κ3) is 4.92. The molecule has 0 radical (unpaired) electrons. The van der Waals surface area contributed by atoms with Gasteiger partial charge in [0, 0.05) is 33.1 Å². The van der Waals surface area contributed by atoms with Gasteiger partial charge in [0.15, 0.2) is 0 Å². The van der Waals surface area contributed by atoms with Gasteiger partial charge >= 0.3 is 0 Å². The van der Waals surface area contributed by atoms with Crippen molar-refractivity contribution in [3.05, 3.63) is 188 Å². The molecule has 0 saturated heterocycles. The van der Waals surface area contributed by atoms with Crippen LogP contribution < -0.4 is 4.90 Å². The molecule has 0 unspecified atom stereocenters. The zero-order valence-electron chi connectivity index (χ0n) is 26.3. The van der Waals surface area contributed by atoms with Crippen LogP contribution in [-0.2, 0) is 0 Å². The monoisotopic (exact) mass is 613 g/mol. The van der Waals surface area contributed by atoms with E-state index in [0.717, 1.165) is 55.5 Å². The molecular formula is C46H31NO. The second kappa shape index (κ2) is 11.8. The van der Waals surface area contributed by atoms with Crippen LogP contribution in [-0.4, -0.2) is 0 Å². The number of fused-ring (bicyclic) bond motifs is 5. The maximum absolute atomic E-state index is 6.38. The molecule has 8 aromatic carbocycles. The molecule has 226 valence electrons. The topological polar surface area (TPSA) is 16.4 Å². The van der Waals surface area contributed by atoms with Crippen LogP contribution in [0.2, 0.25) is 0 Å². The van der Waals surface area contributed by atoms with Crippen molar-refractivity contribution < 1.29 is 4.42 Å². The van der Waals surface area contributed by atoms with Crippen LogP contribution in [0, 0.1) is 0 Å². The highest BCUT2D eigenvalue weighted by atomic mass is 16.3. The summed E-state index contributed by atoms with van der Waals surface area (Å²) in [6.07, 6.45) is 0. The molecule has 48 heavy (non-hydrogen) atoms. The first-order valence-corrected chi connectivity index (χ1v) is 16.3. The first-order valence-electron chi connectivity index (χ1n) is 16.3. The summed E-state index contributed by atoms with van der Waals surface area (Å²) >= 11 is 0. The lowest BCUT2D eigenvalue weighted by Crippen LogP contribution is -2.11. The Kier molecular flexibility index (Phi) is 6.84. The van der Waals surface area contributed by atoms with E-state index < -0.39 is 0 Å². The molecule has 0 amide bonds. The smallest absolute Gasteiger partial charge is 0.143 e. The van der Waals surface area contributed by atoms with Gasteiger partial charge in [-0.05, 0) is 87.8 Å². The minimum absolute atomic E-state index is 0.919. The van der Waals surface area contributed by atoms with Gasteiger partial charge in [0.25, 0.3) is 0 Å². The van der Waals surface area contributed by atoms with Crippen molar-refractivity contribution >= 4 is 49.8 Å². The highest BCUT2D eigenvalue weighted by Gasteiger charge is 2.18. The van der Waals surface area contributed by atoms with Crippen molar-refractivity contribution in [2.45, 2.75) is 0 Å². The fraction of sp³-hybridized carbons (Fsp3) is 0. The minimum Gasteiger partial charge on any atom is -0.455 e. The number of anilines is 3. The lowest BCUT2D eigenvalue weighted by Gasteiger charge is -2.28. The number of rotatable bonds is 6. The van der Waals surface area contributed by atoms with Crippen molar-refractivity contribution in [2.24, 2.45) is 0 Å². The molecule has 0 aliphatic carbocycles. The second-order valence-electron chi connectivity index (χ2n) is 12.2. The molecule has 9 rings (SSSR count). The molecule has 0 aliphatic rings. The van der Waals surface area contributed by atoms with Crippen molar-refractivity contribution in [2.75, 3.05) is 4.90 Å². The van der Waals surface area contributed by atoms with Crippen LogP contribution in [0.4, 0.5) is 17.1 Å². The van der Waals surface area contributed by atoms with Crippen LogP contribution in [0.25, 0.3) is 66.1 Å². The average molecular weight is 614 g/mol. The van der Waals surface area contributed by atoms with Crippen molar-refractivity contribution in [3.8, 4) is 33.4 Å². The fourth-order valence-corrected chi connectivity index (χ4v) is 6.88. The zero-order valence-corrected chi connectivity index (χ0v) is 26.3. The quantitative estimate of drug-likeness (QED) is 0.185. The van der Waals surface area contributed by atoms with Crippen molar-refractivity contribution in [1.82, 2.24) is 0 Å². The molecule has 0 fully saturated rings. The molecule has 9 aromatic rings. The fourth-order valence-electron chi connectivity index (χ4n) is 6.88. The number of para-hydroxylation sites is 2. The van der Waals surface area contributed by atoms with Crippen LogP contribution in [0.15, 0.2) is 192 Å². The van der Waals surface area contributed by atoms with Crippen LogP contribution in [0.1, 0.15) is 0 Å². The van der Waals surface area contributed by atoms with E-state index in [1.165, 1.54) is 27.6 Å². The molecule has 1 aromatic heterocycles. The number of hydrogen-bond acceptors (Lipinski definition) is 2. The second-order valence-corrected chi connectivity index (χ2v) is 12.2. The molecule has 1 heterocycles. The Balaban J connectivity index is 1.16. The molecule has 0 spiro atoms. The highest BCUT2D eigenvalue weighted by molar-refractivity contribution is 6.15. The van der Waals surface area contributed by atoms with Gasteiger partial charge in [0.2, 0.25) is 0 Å². The summed E-state index contributed by atoms with van der Waals surface area (Å²) in [7, 11) is 0. The van der Waals surface area contributed by atoms with E-state index in [9.17, 15) is 0 Å². The van der Waals surface area contributed by atoms with E-state index in [1.807, 2.05) is 12.1 Å². The largest absolute Gasteiger partial charge is 0.455 e. The molecular weight excluding hydrogens is 583 g/mol. The van der Waals surface area contributed by atoms with Gasteiger partial charge in [-0.3, -0.25) is 0 Å². The van der Waals surface area contributed by atoms with Crippen LogP contribution in [0.5, 0.6) is 0 Å². The van der Waals surface area contributed by atoms with E-state index in [0.29, 0.717) is 0 Å². The van der Waals surface area contributed by atoms with Crippen LogP contribution >= 0.6 is 0 Å². The van der Waals surface area contributed by atoms with Crippen molar-refractivity contribution in [3.63, 3.8) is 0 Å². The normalized spacial score (nSPS) is 11.3. The Morgan fingerprint density at radius 2 is 0.917 bits per heavy atom. The summed E-state index contributed by atoms with van der Waals surface area (Å²) in [4.78, 5) is 2.36. The first kappa shape index (κ1) is 27.9. The zero-order chi connectivity index (χ0) is 31.9. The summed E-state index contributed by atoms with van der Waals surface area (Å²) in [5.41, 5.74) is 12.2. The van der Waals surface area contributed by atoms with Gasteiger partial charge in [-0.25, -0.2) is 0 Å². The average Bonchev–Trinajstić information content (AvgIpc) is 3.56. The molecule has 0 bridgehead atoms. The van der Waals surface area contributed by atoms with Gasteiger partial charge in [-0.2, -0.15) is 0 Å². The lowest BCUT2D eigenvalue weighted by molar-refractivity contribution is 0.672. The predicted octanol–water partition coefficient (Wildman–Crippen LogP) is 13.2. The first-order chi connectivity index (χ1) is 23.8. The van der Waals surface area contributed by atoms with Crippen LogP contribution in [0.3, 0.4) is 0 Å². The Morgan fingerprint density at radius 1 is 0.354 bits per heavy atom. The Labute approximate surface area is 279 Å². The summed E-state index contributed by atoms with van der Waals surface area (Å²) in [6.45, 7) is 0. The van der Waals surface area contributed by atoms with Gasteiger partial charge in [0.05, 0.1) is 5.69 Å².